The molecule has 2 aromatic carbocycles. The van der Waals surface area contributed by atoms with Gasteiger partial charge < -0.3 is 20.5 Å². The van der Waals surface area contributed by atoms with Gasteiger partial charge in [0.25, 0.3) is 11.8 Å². The third-order valence-electron chi connectivity index (χ3n) is 5.93. The van der Waals surface area contributed by atoms with Gasteiger partial charge in [-0.25, -0.2) is 8.78 Å². The van der Waals surface area contributed by atoms with Crippen molar-refractivity contribution in [1.82, 2.24) is 10.6 Å². The van der Waals surface area contributed by atoms with Gasteiger partial charge in [0.2, 0.25) is 0 Å². The number of thiophene rings is 1. The van der Waals surface area contributed by atoms with Crippen LogP contribution >= 0.6 is 11.3 Å². The predicted octanol–water partition coefficient (Wildman–Crippen LogP) is 4.36. The van der Waals surface area contributed by atoms with E-state index in [0.717, 1.165) is 17.4 Å². The fourth-order valence-corrected chi connectivity index (χ4v) is 5.03. The van der Waals surface area contributed by atoms with E-state index >= 15 is 0 Å². The number of halogens is 2. The number of amides is 2. The molecule has 0 spiro atoms. The first-order valence-electron chi connectivity index (χ1n) is 11.3. The van der Waals surface area contributed by atoms with Crippen molar-refractivity contribution in [1.29, 1.82) is 0 Å². The van der Waals surface area contributed by atoms with Gasteiger partial charge in [-0.3, -0.25) is 14.4 Å². The summed E-state index contributed by atoms with van der Waals surface area (Å²) in [7, 11) is 0. The van der Waals surface area contributed by atoms with Crippen molar-refractivity contribution in [3.05, 3.63) is 64.5 Å². The fourth-order valence-electron chi connectivity index (χ4n) is 4.05. The zero-order valence-electron chi connectivity index (χ0n) is 18.7. The Kier molecular flexibility index (Phi) is 7.60. The average molecular weight is 503 g/mol. The van der Waals surface area contributed by atoms with Crippen LogP contribution in [0.5, 0.6) is 5.75 Å². The Morgan fingerprint density at radius 2 is 1.66 bits per heavy atom. The molecule has 1 heterocycles. The molecule has 0 aliphatic heterocycles. The summed E-state index contributed by atoms with van der Waals surface area (Å²) in [6, 6.07) is 10.2. The summed E-state index contributed by atoms with van der Waals surface area (Å²) >= 11 is 1.05. The number of hydrogen-bond donors (Lipinski definition) is 3. The SMILES string of the molecule is O=C(NCCNC(=O)c1ccc(O[C@H]2CC[C@@H](C(=O)O)CC2)cc1F)c1cc2cccc(F)c2s1. The third kappa shape index (κ3) is 5.94. The minimum Gasteiger partial charge on any atom is -0.490 e. The second kappa shape index (κ2) is 10.8. The van der Waals surface area contributed by atoms with Gasteiger partial charge in [-0.2, -0.15) is 0 Å². The van der Waals surface area contributed by atoms with E-state index in [9.17, 15) is 23.2 Å². The highest BCUT2D eigenvalue weighted by atomic mass is 32.1. The molecule has 1 aliphatic carbocycles. The number of hydrogen-bond acceptors (Lipinski definition) is 5. The molecular weight excluding hydrogens is 478 g/mol. The molecule has 184 valence electrons. The van der Waals surface area contributed by atoms with E-state index in [1.54, 1.807) is 18.2 Å². The smallest absolute Gasteiger partial charge is 0.306 e. The number of benzene rings is 2. The second-order valence-electron chi connectivity index (χ2n) is 8.35. The minimum atomic E-state index is -0.806. The number of carbonyl (C=O) groups is 3. The van der Waals surface area contributed by atoms with Gasteiger partial charge in [-0.1, -0.05) is 12.1 Å². The topological polar surface area (TPSA) is 105 Å². The summed E-state index contributed by atoms with van der Waals surface area (Å²) in [4.78, 5) is 36.0. The molecule has 3 N–H and O–H groups in total. The highest BCUT2D eigenvalue weighted by molar-refractivity contribution is 7.20. The zero-order chi connectivity index (χ0) is 24.9. The Bertz CT molecular complexity index is 1250. The highest BCUT2D eigenvalue weighted by Gasteiger charge is 2.27. The van der Waals surface area contributed by atoms with Crippen LogP contribution in [0.2, 0.25) is 0 Å². The van der Waals surface area contributed by atoms with Crippen molar-refractivity contribution in [2.45, 2.75) is 31.8 Å². The summed E-state index contributed by atoms with van der Waals surface area (Å²) in [5.74, 6) is -3.03. The Hall–Kier alpha value is -3.53. The highest BCUT2D eigenvalue weighted by Crippen LogP contribution is 2.29. The molecule has 0 radical (unpaired) electrons. The van der Waals surface area contributed by atoms with Crippen LogP contribution in [0.15, 0.2) is 42.5 Å². The van der Waals surface area contributed by atoms with Crippen LogP contribution < -0.4 is 15.4 Å². The van der Waals surface area contributed by atoms with Crippen molar-refractivity contribution in [3.8, 4) is 5.75 Å². The molecule has 0 bridgehead atoms. The van der Waals surface area contributed by atoms with E-state index in [1.165, 1.54) is 18.2 Å². The fraction of sp³-hybridized carbons (Fsp3) is 0.320. The predicted molar refractivity (Wildman–Crippen MR) is 127 cm³/mol. The van der Waals surface area contributed by atoms with Crippen molar-refractivity contribution in [2.24, 2.45) is 5.92 Å². The quantitative estimate of drug-likeness (QED) is 0.397. The monoisotopic (exact) mass is 502 g/mol. The molecule has 7 nitrogen and oxygen atoms in total. The molecule has 1 aromatic heterocycles. The minimum absolute atomic E-state index is 0.0777. The Labute approximate surface area is 204 Å². The number of nitrogens with one attached hydrogen (secondary N) is 2. The van der Waals surface area contributed by atoms with E-state index in [2.05, 4.69) is 10.6 Å². The molecule has 0 unspecified atom stereocenters. The molecule has 2 amide bonds. The van der Waals surface area contributed by atoms with E-state index in [-0.39, 0.29) is 48.1 Å². The second-order valence-corrected chi connectivity index (χ2v) is 9.40. The Morgan fingerprint density at radius 1 is 0.943 bits per heavy atom. The average Bonchev–Trinajstić information content (AvgIpc) is 3.28. The number of carboxylic acids is 1. The summed E-state index contributed by atoms with van der Waals surface area (Å²) in [6.07, 6.45) is 1.98. The molecule has 0 atom stereocenters. The molecule has 4 rings (SSSR count). The van der Waals surface area contributed by atoms with Gasteiger partial charge in [0.05, 0.1) is 27.2 Å². The lowest BCUT2D eigenvalue weighted by Crippen LogP contribution is -2.34. The van der Waals surface area contributed by atoms with E-state index < -0.39 is 17.7 Å². The zero-order valence-corrected chi connectivity index (χ0v) is 19.5. The maximum atomic E-state index is 14.5. The molecule has 1 saturated carbocycles. The van der Waals surface area contributed by atoms with Crippen molar-refractivity contribution in [3.63, 3.8) is 0 Å². The van der Waals surface area contributed by atoms with Gasteiger partial charge in [-0.05, 0) is 55.3 Å². The van der Waals surface area contributed by atoms with Crippen LogP contribution in [0.25, 0.3) is 10.1 Å². The third-order valence-corrected chi connectivity index (χ3v) is 7.09. The van der Waals surface area contributed by atoms with Gasteiger partial charge in [0, 0.05) is 19.2 Å². The van der Waals surface area contributed by atoms with E-state index in [4.69, 9.17) is 9.84 Å². The Balaban J connectivity index is 1.24. The summed E-state index contributed by atoms with van der Waals surface area (Å²) in [5, 5.41) is 14.9. The van der Waals surface area contributed by atoms with Crippen LogP contribution in [0, 0.1) is 17.6 Å². The lowest BCUT2D eigenvalue weighted by molar-refractivity contribution is -0.143. The molecule has 1 fully saturated rings. The molecule has 1 aliphatic rings. The molecular formula is C25H24F2N2O5S. The number of carbonyl (C=O) groups excluding carboxylic acids is 2. The first-order chi connectivity index (χ1) is 16.8. The van der Waals surface area contributed by atoms with E-state index in [1.807, 2.05) is 0 Å². The Morgan fingerprint density at radius 3 is 2.31 bits per heavy atom. The lowest BCUT2D eigenvalue weighted by atomic mass is 9.87. The maximum Gasteiger partial charge on any atom is 0.306 e. The van der Waals surface area contributed by atoms with Crippen molar-refractivity contribution >= 4 is 39.2 Å². The maximum absolute atomic E-state index is 14.5. The van der Waals surface area contributed by atoms with Crippen LogP contribution in [0.1, 0.15) is 45.7 Å². The molecule has 10 heteroatoms. The summed E-state index contributed by atoms with van der Waals surface area (Å²) in [5.41, 5.74) is -0.154. The van der Waals surface area contributed by atoms with Gasteiger partial charge in [0.15, 0.2) is 0 Å². The first kappa shape index (κ1) is 24.6. The standard InChI is InChI=1S/C25H24F2N2O5S/c26-19-3-1-2-15-12-21(35-22(15)19)24(31)29-11-10-28-23(30)18-9-8-17(13-20(18)27)34-16-6-4-14(5-7-16)25(32)33/h1-3,8-9,12-14,16H,4-7,10-11H2,(H,28,30)(H,29,31)(H,32,33)/t14-,16+. The summed E-state index contributed by atoms with van der Waals surface area (Å²) in [6.45, 7) is 0.192. The number of rotatable bonds is 8. The number of ether oxygens (including phenoxy) is 1. The van der Waals surface area contributed by atoms with Crippen LogP contribution in [-0.4, -0.2) is 42.1 Å². The van der Waals surface area contributed by atoms with Crippen molar-refractivity contribution in [2.75, 3.05) is 13.1 Å². The van der Waals surface area contributed by atoms with Crippen LogP contribution in [-0.2, 0) is 4.79 Å². The number of carboxylic acid groups (broad SMARTS) is 1. The molecule has 3 aromatic rings. The summed E-state index contributed by atoms with van der Waals surface area (Å²) < 4.78 is 34.5. The molecule has 35 heavy (non-hydrogen) atoms. The van der Waals surface area contributed by atoms with Gasteiger partial charge in [0.1, 0.15) is 17.4 Å². The van der Waals surface area contributed by atoms with Crippen LogP contribution in [0.4, 0.5) is 8.78 Å². The van der Waals surface area contributed by atoms with Gasteiger partial charge in [-0.15, -0.1) is 11.3 Å². The lowest BCUT2D eigenvalue weighted by Gasteiger charge is -2.26. The van der Waals surface area contributed by atoms with Crippen LogP contribution in [0.3, 0.4) is 0 Å². The first-order valence-corrected chi connectivity index (χ1v) is 12.1. The largest absolute Gasteiger partial charge is 0.490 e. The normalized spacial score (nSPS) is 17.7. The number of fused-ring (bicyclic) bond motifs is 1. The van der Waals surface area contributed by atoms with Crippen molar-refractivity contribution < 1.29 is 33.0 Å². The van der Waals surface area contributed by atoms with E-state index in [0.29, 0.717) is 40.6 Å². The number of aliphatic carboxylic acids is 1. The molecule has 0 saturated heterocycles. The van der Waals surface area contributed by atoms with Gasteiger partial charge >= 0.3 is 5.97 Å².